The Labute approximate surface area is 323 Å². The van der Waals surface area contributed by atoms with Crippen molar-refractivity contribution in [3.05, 3.63) is 103 Å². The Bertz CT molecular complexity index is 1760. The van der Waals surface area contributed by atoms with Gasteiger partial charge in [0.2, 0.25) is 0 Å². The van der Waals surface area contributed by atoms with Gasteiger partial charge in [-0.15, -0.1) is 0 Å². The third-order valence-corrected chi connectivity index (χ3v) is 12.4. The first-order valence-electron chi connectivity index (χ1n) is 17.2. The number of ketones is 2. The van der Waals surface area contributed by atoms with Crippen molar-refractivity contribution in [1.29, 1.82) is 0 Å². The predicted octanol–water partition coefficient (Wildman–Crippen LogP) is 9.45. The molecule has 0 heterocycles. The number of halogens is 3. The molecule has 0 saturated heterocycles. The van der Waals surface area contributed by atoms with Crippen molar-refractivity contribution < 1.29 is 38.2 Å². The van der Waals surface area contributed by atoms with Crippen molar-refractivity contribution in [3.8, 4) is 0 Å². The molecule has 0 aromatic heterocycles. The van der Waals surface area contributed by atoms with Crippen LogP contribution in [0.4, 0.5) is 0 Å². The normalized spacial score (nSPS) is 26.4. The maximum atomic E-state index is 14.6. The Hall–Kier alpha value is -3.15. The van der Waals surface area contributed by atoms with E-state index in [1.807, 2.05) is 20.8 Å². The molecule has 0 aliphatic heterocycles. The van der Waals surface area contributed by atoms with Gasteiger partial charge >= 0.3 is 17.9 Å². The van der Waals surface area contributed by atoms with Crippen LogP contribution in [0.15, 0.2) is 86.2 Å². The van der Waals surface area contributed by atoms with E-state index >= 15 is 0 Å². The smallest absolute Gasteiger partial charge is 0.338 e. The van der Waals surface area contributed by atoms with E-state index in [0.717, 1.165) is 19.8 Å². The lowest BCUT2D eigenvalue weighted by Gasteiger charge is -2.57. The SMILES string of the molecule is CC[C@@H](C)C1CC(=O)[C@H]2[C@H](OC(=O)c3ccc(Br)cc3)[C@H](OC(=O)c3ccc(Br)cc3)C[C@@H](C)[C@@H]2[C@@]1(C)C(=O)CCOC(=O)c1ccc(Br)cc1. The minimum Gasteiger partial charge on any atom is -0.462 e. The van der Waals surface area contributed by atoms with Crippen LogP contribution < -0.4 is 0 Å². The maximum absolute atomic E-state index is 14.6. The summed E-state index contributed by atoms with van der Waals surface area (Å²) in [5, 5.41) is 0. The van der Waals surface area contributed by atoms with Gasteiger partial charge in [-0.05, 0) is 103 Å². The molecule has 270 valence electrons. The molecule has 3 aromatic carbocycles. The molecule has 0 N–H and O–H groups in total. The second kappa shape index (κ2) is 16.7. The molecule has 3 aromatic rings. The molecule has 5 rings (SSSR count). The first kappa shape index (κ1) is 39.1. The lowest BCUT2D eigenvalue weighted by atomic mass is 9.46. The summed E-state index contributed by atoms with van der Waals surface area (Å²) in [5.41, 5.74) is -0.0628. The molecular formula is C40H41Br3O8. The zero-order valence-electron chi connectivity index (χ0n) is 28.9. The summed E-state index contributed by atoms with van der Waals surface area (Å²) in [6.45, 7) is 7.86. The van der Waals surface area contributed by atoms with Gasteiger partial charge in [0.05, 0.1) is 29.2 Å². The van der Waals surface area contributed by atoms with Crippen molar-refractivity contribution in [2.24, 2.45) is 35.0 Å². The Morgan fingerprint density at radius 1 is 0.784 bits per heavy atom. The van der Waals surface area contributed by atoms with Gasteiger partial charge in [-0.1, -0.05) is 81.9 Å². The molecule has 2 fully saturated rings. The Morgan fingerprint density at radius 3 is 1.75 bits per heavy atom. The zero-order valence-corrected chi connectivity index (χ0v) is 33.7. The number of benzene rings is 3. The number of fused-ring (bicyclic) bond motifs is 1. The predicted molar refractivity (Wildman–Crippen MR) is 202 cm³/mol. The molecule has 2 saturated carbocycles. The van der Waals surface area contributed by atoms with Crippen LogP contribution in [0, 0.1) is 35.0 Å². The average molecular weight is 889 g/mol. The summed E-state index contributed by atoms with van der Waals surface area (Å²) in [6.07, 6.45) is -0.990. The van der Waals surface area contributed by atoms with E-state index in [9.17, 15) is 24.0 Å². The van der Waals surface area contributed by atoms with Crippen molar-refractivity contribution in [2.75, 3.05) is 6.61 Å². The maximum Gasteiger partial charge on any atom is 0.338 e. The fourth-order valence-electron chi connectivity index (χ4n) is 8.07. The lowest BCUT2D eigenvalue weighted by Crippen LogP contribution is -2.64. The van der Waals surface area contributed by atoms with E-state index in [1.165, 1.54) is 0 Å². The molecule has 8 nitrogen and oxygen atoms in total. The summed E-state index contributed by atoms with van der Waals surface area (Å²) >= 11 is 10.1. The highest BCUT2D eigenvalue weighted by Gasteiger charge is 2.63. The van der Waals surface area contributed by atoms with Crippen LogP contribution >= 0.6 is 47.8 Å². The number of carbonyl (C=O) groups excluding carboxylic acids is 5. The molecule has 2 aliphatic carbocycles. The summed E-state index contributed by atoms with van der Waals surface area (Å²) in [6, 6.07) is 20.2. The van der Waals surface area contributed by atoms with Crippen molar-refractivity contribution in [1.82, 2.24) is 0 Å². The van der Waals surface area contributed by atoms with E-state index in [1.54, 1.807) is 72.8 Å². The van der Waals surface area contributed by atoms with Gasteiger partial charge in [0, 0.05) is 31.7 Å². The van der Waals surface area contributed by atoms with E-state index < -0.39 is 47.4 Å². The fraction of sp³-hybridized carbons (Fsp3) is 0.425. The van der Waals surface area contributed by atoms with Gasteiger partial charge in [-0.25, -0.2) is 14.4 Å². The van der Waals surface area contributed by atoms with Crippen molar-refractivity contribution in [2.45, 2.75) is 65.6 Å². The number of Topliss-reactive ketones (excluding diaryl/α,β-unsaturated/α-hetero) is 2. The van der Waals surface area contributed by atoms with Crippen molar-refractivity contribution in [3.63, 3.8) is 0 Å². The highest BCUT2D eigenvalue weighted by atomic mass is 79.9. The quantitative estimate of drug-likeness (QED) is 0.138. The topological polar surface area (TPSA) is 113 Å². The summed E-state index contributed by atoms with van der Waals surface area (Å²) in [7, 11) is 0. The molecule has 2 aliphatic rings. The third-order valence-electron chi connectivity index (χ3n) is 10.8. The number of esters is 3. The molecule has 0 radical (unpaired) electrons. The molecule has 0 spiro atoms. The Morgan fingerprint density at radius 2 is 1.25 bits per heavy atom. The summed E-state index contributed by atoms with van der Waals surface area (Å²) < 4.78 is 20.2. The monoisotopic (exact) mass is 886 g/mol. The van der Waals surface area contributed by atoms with Crippen LogP contribution in [-0.2, 0) is 23.8 Å². The lowest BCUT2D eigenvalue weighted by molar-refractivity contribution is -0.181. The average Bonchev–Trinajstić information content (AvgIpc) is 3.11. The first-order chi connectivity index (χ1) is 24.2. The van der Waals surface area contributed by atoms with Gasteiger partial charge in [0.15, 0.2) is 0 Å². The molecule has 1 unspecified atom stereocenters. The van der Waals surface area contributed by atoms with Crippen molar-refractivity contribution >= 4 is 77.3 Å². The molecular weight excluding hydrogens is 848 g/mol. The van der Waals surface area contributed by atoms with E-state index in [2.05, 4.69) is 54.7 Å². The zero-order chi connectivity index (χ0) is 37.0. The van der Waals surface area contributed by atoms with Gasteiger partial charge < -0.3 is 14.2 Å². The van der Waals surface area contributed by atoms with Crippen LogP contribution in [0.25, 0.3) is 0 Å². The highest BCUT2D eigenvalue weighted by molar-refractivity contribution is 9.11. The molecule has 0 amide bonds. The van der Waals surface area contributed by atoms with Crippen LogP contribution in [-0.4, -0.2) is 48.3 Å². The molecule has 51 heavy (non-hydrogen) atoms. The number of carbonyl (C=O) groups is 5. The van der Waals surface area contributed by atoms with Gasteiger partial charge in [-0.3, -0.25) is 9.59 Å². The van der Waals surface area contributed by atoms with Gasteiger partial charge in [0.25, 0.3) is 0 Å². The fourth-order valence-corrected chi connectivity index (χ4v) is 8.87. The third kappa shape index (κ3) is 8.57. The van der Waals surface area contributed by atoms with Crippen LogP contribution in [0.3, 0.4) is 0 Å². The van der Waals surface area contributed by atoms with E-state index in [4.69, 9.17) is 14.2 Å². The second-order valence-corrected chi connectivity index (χ2v) is 16.6. The van der Waals surface area contributed by atoms with Gasteiger partial charge in [-0.2, -0.15) is 0 Å². The van der Waals surface area contributed by atoms with Crippen LogP contribution in [0.1, 0.15) is 84.5 Å². The van der Waals surface area contributed by atoms with Crippen LogP contribution in [0.5, 0.6) is 0 Å². The number of hydrogen-bond acceptors (Lipinski definition) is 8. The number of ether oxygens (including phenoxy) is 3. The molecule has 0 bridgehead atoms. The highest BCUT2D eigenvalue weighted by Crippen LogP contribution is 2.58. The minimum atomic E-state index is -1.13. The van der Waals surface area contributed by atoms with Gasteiger partial charge in [0.1, 0.15) is 23.8 Å². The largest absolute Gasteiger partial charge is 0.462 e. The van der Waals surface area contributed by atoms with E-state index in [0.29, 0.717) is 11.1 Å². The molecule has 8 atom stereocenters. The minimum absolute atomic E-state index is 0.0260. The standard InChI is InChI=1S/C40H41Br3O8/c1-5-22(2)30-21-31(44)34-35(40(30,4)33(45)18-19-49-37(46)24-6-12-27(41)13-7-24)23(3)20-32(50-38(47)25-8-14-28(42)15-9-25)36(34)51-39(48)26-10-16-29(43)17-11-26/h6-17,22-23,30,32,34-36H,5,18-21H2,1-4H3/t22-,23-,30?,32-,34-,35+,36-,40-/m1/s1. The Kier molecular flexibility index (Phi) is 12.8. The number of hydrogen-bond donors (Lipinski definition) is 0. The summed E-state index contributed by atoms with van der Waals surface area (Å²) in [4.78, 5) is 68.8. The molecule has 11 heteroatoms. The first-order valence-corrected chi connectivity index (χ1v) is 19.5. The van der Waals surface area contributed by atoms with E-state index in [-0.39, 0.29) is 60.8 Å². The summed E-state index contributed by atoms with van der Waals surface area (Å²) in [5.74, 6) is -4.00. The second-order valence-electron chi connectivity index (χ2n) is 13.9. The Balaban J connectivity index is 1.48. The van der Waals surface area contributed by atoms with Crippen LogP contribution in [0.2, 0.25) is 0 Å². The number of rotatable bonds is 11.